The van der Waals surface area contributed by atoms with Crippen LogP contribution in [0, 0.1) is 0 Å². The molecule has 4 aromatic rings. The predicted molar refractivity (Wildman–Crippen MR) is 128 cm³/mol. The highest BCUT2D eigenvalue weighted by Crippen LogP contribution is 2.36. The fraction of sp³-hybridized carbons (Fsp3) is 0.360. The number of hydrogen-bond donors (Lipinski definition) is 0. The van der Waals surface area contributed by atoms with E-state index in [0.717, 1.165) is 16.8 Å². The van der Waals surface area contributed by atoms with Crippen molar-refractivity contribution in [2.24, 2.45) is 0 Å². The Morgan fingerprint density at radius 3 is 2.39 bits per heavy atom. The zero-order chi connectivity index (χ0) is 25.7. The Kier molecular flexibility index (Phi) is 5.65. The van der Waals surface area contributed by atoms with Crippen LogP contribution in [0.3, 0.4) is 0 Å². The molecule has 5 rings (SSSR count). The summed E-state index contributed by atoms with van der Waals surface area (Å²) in [4.78, 5) is 22.9. The molecular weight excluding hydrogens is 470 g/mol. The Bertz CT molecular complexity index is 1380. The van der Waals surface area contributed by atoms with E-state index in [1.54, 1.807) is 40.4 Å². The number of rotatable bonds is 5. The smallest absolute Gasteiger partial charge is 0.410 e. The molecule has 1 saturated heterocycles. The van der Waals surface area contributed by atoms with E-state index in [1.165, 1.54) is 12.1 Å². The molecule has 1 amide bonds. The second kappa shape index (κ2) is 8.58. The second-order valence-corrected chi connectivity index (χ2v) is 9.78. The van der Waals surface area contributed by atoms with Gasteiger partial charge in [-0.2, -0.15) is 13.9 Å². The number of amides is 1. The number of carbonyl (C=O) groups excluding carboxylic acids is 1. The first-order valence-corrected chi connectivity index (χ1v) is 11.5. The molecule has 1 aliphatic heterocycles. The molecule has 1 aliphatic rings. The number of pyridine rings is 1. The molecule has 4 heterocycles. The summed E-state index contributed by atoms with van der Waals surface area (Å²) in [7, 11) is 0. The van der Waals surface area contributed by atoms with Gasteiger partial charge in [0.2, 0.25) is 0 Å². The molecule has 3 aromatic heterocycles. The van der Waals surface area contributed by atoms with Gasteiger partial charge in [0, 0.05) is 44.5 Å². The molecule has 0 aliphatic carbocycles. The van der Waals surface area contributed by atoms with Crippen LogP contribution in [0.25, 0.3) is 22.4 Å². The van der Waals surface area contributed by atoms with E-state index in [1.807, 2.05) is 37.6 Å². The van der Waals surface area contributed by atoms with Gasteiger partial charge in [-0.15, -0.1) is 0 Å². The highest BCUT2D eigenvalue weighted by atomic mass is 19.3. The normalized spacial score (nSPS) is 14.7. The number of alkyl halides is 2. The van der Waals surface area contributed by atoms with Crippen molar-refractivity contribution in [3.05, 3.63) is 60.9 Å². The average Bonchev–Trinajstić information content (AvgIpc) is 3.40. The summed E-state index contributed by atoms with van der Waals surface area (Å²) in [5.74, 6) is 0.0103. The third-order valence-corrected chi connectivity index (χ3v) is 5.65. The molecule has 0 saturated carbocycles. The first kappa shape index (κ1) is 23.7. The summed E-state index contributed by atoms with van der Waals surface area (Å²) in [5, 5.41) is 5.70. The molecule has 0 radical (unpaired) electrons. The summed E-state index contributed by atoms with van der Waals surface area (Å²) in [5.41, 5.74) is 2.28. The minimum absolute atomic E-state index is 0.0332. The van der Waals surface area contributed by atoms with Crippen LogP contribution >= 0.6 is 0 Å². The van der Waals surface area contributed by atoms with Crippen LogP contribution in [0.15, 0.2) is 55.2 Å². The Morgan fingerprint density at radius 1 is 1.06 bits per heavy atom. The zero-order valence-electron chi connectivity index (χ0n) is 20.4. The lowest BCUT2D eigenvalue weighted by molar-refractivity contribution is -0.158. The number of fused-ring (bicyclic) bond motifs is 1. The molecular formula is C25H26F2N6O3. The number of benzene rings is 1. The predicted octanol–water partition coefficient (Wildman–Crippen LogP) is 4.93. The first-order valence-electron chi connectivity index (χ1n) is 11.5. The number of ether oxygens (including phenoxy) is 2. The number of halogens is 2. The van der Waals surface area contributed by atoms with Crippen molar-refractivity contribution in [1.29, 1.82) is 0 Å². The Balaban J connectivity index is 1.53. The standard InChI is InChI=1S/C25H26F2N6O3/c1-24(2,3)36-23(34)32-13-16(14-32)21-20-19(31-12-11-28-15-31)9-10-29-22(20)33(30-21)17-5-7-18(8-6-17)35-25(4,26)27/h5-12,15-16H,13-14H2,1-4H3. The minimum atomic E-state index is -3.28. The summed E-state index contributed by atoms with van der Waals surface area (Å²) in [6.07, 6.45) is 3.26. The molecule has 0 atom stereocenters. The van der Waals surface area contributed by atoms with E-state index in [0.29, 0.717) is 31.3 Å². The van der Waals surface area contributed by atoms with Crippen LogP contribution in [-0.4, -0.2) is 60.1 Å². The lowest BCUT2D eigenvalue weighted by atomic mass is 9.94. The lowest BCUT2D eigenvalue weighted by Crippen LogP contribution is -2.50. The van der Waals surface area contributed by atoms with Crippen molar-refractivity contribution >= 4 is 17.1 Å². The van der Waals surface area contributed by atoms with Crippen LogP contribution in [0.5, 0.6) is 5.75 Å². The van der Waals surface area contributed by atoms with Crippen molar-refractivity contribution in [2.45, 2.75) is 45.3 Å². The molecule has 1 aromatic carbocycles. The molecule has 36 heavy (non-hydrogen) atoms. The van der Waals surface area contributed by atoms with Crippen molar-refractivity contribution in [1.82, 2.24) is 29.2 Å². The molecule has 0 bridgehead atoms. The molecule has 0 N–H and O–H groups in total. The van der Waals surface area contributed by atoms with Crippen molar-refractivity contribution in [3.63, 3.8) is 0 Å². The minimum Gasteiger partial charge on any atom is -0.444 e. The van der Waals surface area contributed by atoms with Gasteiger partial charge in [0.05, 0.1) is 28.8 Å². The maximum Gasteiger partial charge on any atom is 0.410 e. The lowest BCUT2D eigenvalue weighted by Gasteiger charge is -2.39. The molecule has 1 fully saturated rings. The van der Waals surface area contributed by atoms with Gasteiger partial charge in [0.25, 0.3) is 0 Å². The van der Waals surface area contributed by atoms with Crippen LogP contribution in [0.2, 0.25) is 0 Å². The Labute approximate surface area is 206 Å². The number of hydrogen-bond acceptors (Lipinski definition) is 6. The van der Waals surface area contributed by atoms with E-state index < -0.39 is 11.7 Å². The fourth-order valence-corrected chi connectivity index (χ4v) is 4.12. The van der Waals surface area contributed by atoms with Crippen molar-refractivity contribution in [2.75, 3.05) is 13.1 Å². The first-order chi connectivity index (χ1) is 17.0. The van der Waals surface area contributed by atoms with Crippen LogP contribution in [0.1, 0.15) is 39.3 Å². The van der Waals surface area contributed by atoms with Gasteiger partial charge < -0.3 is 18.9 Å². The van der Waals surface area contributed by atoms with E-state index in [9.17, 15) is 13.6 Å². The Hall–Kier alpha value is -4.02. The van der Waals surface area contributed by atoms with Gasteiger partial charge in [0.15, 0.2) is 5.65 Å². The maximum atomic E-state index is 13.2. The van der Waals surface area contributed by atoms with Crippen LogP contribution < -0.4 is 4.74 Å². The molecule has 9 nitrogen and oxygen atoms in total. The number of carbonyl (C=O) groups is 1. The maximum absolute atomic E-state index is 13.2. The van der Waals surface area contributed by atoms with Gasteiger partial charge >= 0.3 is 12.2 Å². The topological polar surface area (TPSA) is 87.3 Å². The molecule has 188 valence electrons. The van der Waals surface area contributed by atoms with E-state index in [4.69, 9.17) is 9.84 Å². The monoisotopic (exact) mass is 496 g/mol. The highest BCUT2D eigenvalue weighted by Gasteiger charge is 2.38. The quantitative estimate of drug-likeness (QED) is 0.389. The molecule has 0 unspecified atom stereocenters. The summed E-state index contributed by atoms with van der Waals surface area (Å²) in [6, 6.07) is 8.11. The number of likely N-dealkylation sites (tertiary alicyclic amines) is 1. The van der Waals surface area contributed by atoms with Crippen LogP contribution in [-0.2, 0) is 4.74 Å². The van der Waals surface area contributed by atoms with Gasteiger partial charge in [-0.3, -0.25) is 0 Å². The SMILES string of the molecule is CC(C)(C)OC(=O)N1CC(c2nn(-c3ccc(OC(C)(F)F)cc3)c3nccc(-n4ccnc4)c23)C1. The van der Waals surface area contributed by atoms with Crippen molar-refractivity contribution in [3.8, 4) is 17.1 Å². The third-order valence-electron chi connectivity index (χ3n) is 5.65. The zero-order valence-corrected chi connectivity index (χ0v) is 20.4. The van der Waals surface area contributed by atoms with Gasteiger partial charge in [-0.25, -0.2) is 19.4 Å². The van der Waals surface area contributed by atoms with E-state index >= 15 is 0 Å². The van der Waals surface area contributed by atoms with Crippen molar-refractivity contribution < 1.29 is 23.0 Å². The van der Waals surface area contributed by atoms with Gasteiger partial charge in [0.1, 0.15) is 11.4 Å². The van der Waals surface area contributed by atoms with Gasteiger partial charge in [-0.05, 0) is 51.1 Å². The number of nitrogens with zero attached hydrogens (tertiary/aromatic N) is 6. The average molecular weight is 497 g/mol. The van der Waals surface area contributed by atoms with E-state index in [2.05, 4.69) is 14.7 Å². The van der Waals surface area contributed by atoms with E-state index in [-0.39, 0.29) is 17.8 Å². The number of imidazole rings is 1. The second-order valence-electron chi connectivity index (χ2n) is 9.78. The fourth-order valence-electron chi connectivity index (χ4n) is 4.12. The number of aromatic nitrogens is 5. The molecule has 11 heteroatoms. The largest absolute Gasteiger partial charge is 0.444 e. The highest BCUT2D eigenvalue weighted by molar-refractivity contribution is 5.89. The Morgan fingerprint density at radius 2 is 1.78 bits per heavy atom. The molecule has 0 spiro atoms. The summed E-state index contributed by atoms with van der Waals surface area (Å²) >= 11 is 0. The van der Waals surface area contributed by atoms with Gasteiger partial charge in [-0.1, -0.05) is 0 Å². The van der Waals surface area contributed by atoms with Crippen LogP contribution in [0.4, 0.5) is 13.6 Å². The summed E-state index contributed by atoms with van der Waals surface area (Å²) in [6.45, 7) is 7.10. The summed E-state index contributed by atoms with van der Waals surface area (Å²) < 4.78 is 40.2. The third kappa shape index (κ3) is 4.73.